The summed E-state index contributed by atoms with van der Waals surface area (Å²) < 4.78 is 0. The molecule has 2 heterocycles. The topological polar surface area (TPSA) is 3.01 Å². The SMILES string of the molecule is CC(C)C12CN1C2(c1ccccc1)c1ccccc1. The van der Waals surface area contributed by atoms with Gasteiger partial charge in [-0.3, -0.25) is 4.90 Å². The molecular weight excluding hydrogens is 230 g/mol. The zero-order valence-electron chi connectivity index (χ0n) is 11.5. The predicted molar refractivity (Wildman–Crippen MR) is 77.9 cm³/mol. The van der Waals surface area contributed by atoms with Gasteiger partial charge < -0.3 is 0 Å². The minimum Gasteiger partial charge on any atom is -0.276 e. The van der Waals surface area contributed by atoms with E-state index in [-0.39, 0.29) is 5.54 Å². The minimum absolute atomic E-state index is 0.143. The van der Waals surface area contributed by atoms with Gasteiger partial charge in [0, 0.05) is 6.54 Å². The van der Waals surface area contributed by atoms with E-state index < -0.39 is 0 Å². The number of rotatable bonds is 3. The van der Waals surface area contributed by atoms with Gasteiger partial charge >= 0.3 is 0 Å². The van der Waals surface area contributed by atoms with Crippen LogP contribution >= 0.6 is 0 Å². The minimum atomic E-state index is 0.143. The Kier molecular flexibility index (Phi) is 2.06. The van der Waals surface area contributed by atoms with Gasteiger partial charge in [0.25, 0.3) is 0 Å². The third kappa shape index (κ3) is 1.15. The maximum atomic E-state index is 2.65. The van der Waals surface area contributed by atoms with Crippen molar-refractivity contribution < 1.29 is 0 Å². The van der Waals surface area contributed by atoms with Crippen LogP contribution in [0, 0.1) is 5.92 Å². The van der Waals surface area contributed by atoms with Crippen LogP contribution in [0.15, 0.2) is 60.7 Å². The predicted octanol–water partition coefficient (Wildman–Crippen LogP) is 3.65. The Morgan fingerprint density at radius 2 is 1.32 bits per heavy atom. The first-order valence-electron chi connectivity index (χ1n) is 7.13. The van der Waals surface area contributed by atoms with Crippen molar-refractivity contribution >= 4 is 0 Å². The van der Waals surface area contributed by atoms with Crippen molar-refractivity contribution in [2.45, 2.75) is 24.9 Å². The van der Waals surface area contributed by atoms with Crippen molar-refractivity contribution in [1.82, 2.24) is 4.90 Å². The van der Waals surface area contributed by atoms with Gasteiger partial charge in [0.15, 0.2) is 0 Å². The van der Waals surface area contributed by atoms with Gasteiger partial charge in [0.05, 0.1) is 11.1 Å². The fraction of sp³-hybridized carbons (Fsp3) is 0.333. The monoisotopic (exact) mass is 249 g/mol. The average Bonchev–Trinajstić information content (AvgIpc) is 3.30. The molecule has 2 aliphatic heterocycles. The largest absolute Gasteiger partial charge is 0.276 e. The van der Waals surface area contributed by atoms with E-state index in [1.165, 1.54) is 17.7 Å². The second kappa shape index (κ2) is 3.49. The van der Waals surface area contributed by atoms with Crippen LogP contribution in [0.1, 0.15) is 25.0 Å². The zero-order chi connectivity index (χ0) is 13.1. The number of nitrogens with zero attached hydrogens (tertiary/aromatic N) is 1. The average molecular weight is 249 g/mol. The molecule has 0 saturated carbocycles. The van der Waals surface area contributed by atoms with E-state index in [1.54, 1.807) is 0 Å². The highest BCUT2D eigenvalue weighted by molar-refractivity contribution is 5.60. The van der Waals surface area contributed by atoms with Gasteiger partial charge in [-0.25, -0.2) is 0 Å². The lowest BCUT2D eigenvalue weighted by molar-refractivity contribution is 0.444. The van der Waals surface area contributed by atoms with Crippen LogP contribution in [-0.4, -0.2) is 17.0 Å². The first-order valence-corrected chi connectivity index (χ1v) is 7.13. The molecule has 1 nitrogen and oxygen atoms in total. The Bertz CT molecular complexity index is 563. The molecule has 0 aliphatic carbocycles. The van der Waals surface area contributed by atoms with E-state index in [0.29, 0.717) is 11.5 Å². The van der Waals surface area contributed by atoms with Crippen LogP contribution in [0.2, 0.25) is 0 Å². The molecule has 96 valence electrons. The summed E-state index contributed by atoms with van der Waals surface area (Å²) in [4.78, 5) is 2.65. The second-order valence-electron chi connectivity index (χ2n) is 6.11. The molecule has 2 aromatic carbocycles. The maximum absolute atomic E-state index is 2.65. The lowest BCUT2D eigenvalue weighted by Crippen LogP contribution is -2.34. The molecule has 2 saturated heterocycles. The Labute approximate surface area is 114 Å². The summed E-state index contributed by atoms with van der Waals surface area (Å²) >= 11 is 0. The quantitative estimate of drug-likeness (QED) is 0.750. The van der Waals surface area contributed by atoms with E-state index in [4.69, 9.17) is 0 Å². The number of benzene rings is 2. The number of fused-ring (bicyclic) bond motifs is 1. The highest BCUT2D eigenvalue weighted by atomic mass is 15.6. The van der Waals surface area contributed by atoms with Crippen LogP contribution in [-0.2, 0) is 5.54 Å². The van der Waals surface area contributed by atoms with Gasteiger partial charge in [0.2, 0.25) is 0 Å². The van der Waals surface area contributed by atoms with Crippen molar-refractivity contribution in [3.63, 3.8) is 0 Å². The third-order valence-electron chi connectivity index (χ3n) is 5.10. The third-order valence-corrected chi connectivity index (χ3v) is 5.10. The van der Waals surface area contributed by atoms with Crippen LogP contribution in [0.4, 0.5) is 0 Å². The van der Waals surface area contributed by atoms with Crippen LogP contribution < -0.4 is 0 Å². The smallest absolute Gasteiger partial charge is 0.0924 e. The molecule has 2 aliphatic rings. The highest BCUT2D eigenvalue weighted by Crippen LogP contribution is 2.76. The van der Waals surface area contributed by atoms with Crippen LogP contribution in [0.3, 0.4) is 0 Å². The summed E-state index contributed by atoms with van der Waals surface area (Å²) in [5.74, 6) is 0.688. The maximum Gasteiger partial charge on any atom is 0.0924 e. The Balaban J connectivity index is 1.89. The van der Waals surface area contributed by atoms with Crippen molar-refractivity contribution in [2.24, 2.45) is 5.92 Å². The summed E-state index contributed by atoms with van der Waals surface area (Å²) in [5.41, 5.74) is 3.40. The van der Waals surface area contributed by atoms with Crippen LogP contribution in [0.25, 0.3) is 0 Å². The first-order chi connectivity index (χ1) is 9.24. The van der Waals surface area contributed by atoms with Crippen molar-refractivity contribution in [1.29, 1.82) is 0 Å². The molecule has 2 unspecified atom stereocenters. The fourth-order valence-corrected chi connectivity index (χ4v) is 4.08. The van der Waals surface area contributed by atoms with E-state index >= 15 is 0 Å². The standard InChI is InChI=1S/C18H19N/c1-14(2)17-13-19(17)18(17,15-9-5-3-6-10-15)16-11-7-4-8-12-16/h3-12,14H,13H2,1-2H3. The molecule has 2 fully saturated rings. The number of hydrogen-bond donors (Lipinski definition) is 0. The van der Waals surface area contributed by atoms with Gasteiger partial charge in [-0.2, -0.15) is 0 Å². The van der Waals surface area contributed by atoms with Gasteiger partial charge in [-0.15, -0.1) is 0 Å². The molecule has 4 rings (SSSR count). The summed E-state index contributed by atoms with van der Waals surface area (Å²) in [6.07, 6.45) is 0. The zero-order valence-corrected chi connectivity index (χ0v) is 11.5. The molecule has 1 heteroatoms. The van der Waals surface area contributed by atoms with E-state index in [1.807, 2.05) is 0 Å². The van der Waals surface area contributed by atoms with Crippen molar-refractivity contribution in [3.05, 3.63) is 71.8 Å². The molecule has 2 atom stereocenters. The van der Waals surface area contributed by atoms with Crippen LogP contribution in [0.5, 0.6) is 0 Å². The molecule has 0 aromatic heterocycles. The van der Waals surface area contributed by atoms with Crippen molar-refractivity contribution in [2.75, 3.05) is 6.54 Å². The highest BCUT2D eigenvalue weighted by Gasteiger charge is 2.89. The number of hydrogen-bond acceptors (Lipinski definition) is 1. The van der Waals surface area contributed by atoms with E-state index in [2.05, 4.69) is 79.4 Å². The molecule has 0 amide bonds. The normalized spacial score (nSPS) is 29.9. The fourth-order valence-electron chi connectivity index (χ4n) is 4.08. The first kappa shape index (κ1) is 11.2. The molecule has 0 spiro atoms. The summed E-state index contributed by atoms with van der Waals surface area (Å²) in [5, 5.41) is 0. The van der Waals surface area contributed by atoms with E-state index in [9.17, 15) is 0 Å². The molecule has 19 heavy (non-hydrogen) atoms. The Morgan fingerprint density at radius 3 is 1.63 bits per heavy atom. The Hall–Kier alpha value is -1.60. The van der Waals surface area contributed by atoms with Crippen molar-refractivity contribution in [3.8, 4) is 0 Å². The Morgan fingerprint density at radius 1 is 0.842 bits per heavy atom. The molecular formula is C18H19N. The lowest BCUT2D eigenvalue weighted by Gasteiger charge is -2.28. The van der Waals surface area contributed by atoms with E-state index in [0.717, 1.165) is 0 Å². The molecule has 0 radical (unpaired) electrons. The second-order valence-corrected chi connectivity index (χ2v) is 6.11. The lowest BCUT2D eigenvalue weighted by atomic mass is 9.75. The molecule has 0 N–H and O–H groups in total. The molecule has 2 aromatic rings. The summed E-state index contributed by atoms with van der Waals surface area (Å²) in [7, 11) is 0. The molecule has 0 bridgehead atoms. The summed E-state index contributed by atoms with van der Waals surface area (Å²) in [6, 6.07) is 22.0. The van der Waals surface area contributed by atoms with Gasteiger partial charge in [0.1, 0.15) is 0 Å². The van der Waals surface area contributed by atoms with Gasteiger partial charge in [-0.1, -0.05) is 74.5 Å². The summed E-state index contributed by atoms with van der Waals surface area (Å²) in [6.45, 7) is 5.95. The van der Waals surface area contributed by atoms with Gasteiger partial charge in [-0.05, 0) is 17.0 Å².